The van der Waals surface area contributed by atoms with Crippen molar-refractivity contribution in [3.8, 4) is 16.5 Å². The van der Waals surface area contributed by atoms with Crippen LogP contribution in [0.25, 0.3) is 10.4 Å². The van der Waals surface area contributed by atoms with Gasteiger partial charge in [0, 0.05) is 19.4 Å². The number of hydrogen-bond donors (Lipinski definition) is 1. The maximum absolute atomic E-state index is 8.86. The van der Waals surface area contributed by atoms with Crippen LogP contribution < -0.4 is 5.73 Å². The maximum atomic E-state index is 8.86. The Bertz CT molecular complexity index is 584. The molecule has 2 N–H and O–H groups in total. The Hall–Kier alpha value is -0.830. The Balaban J connectivity index is 2.59. The summed E-state index contributed by atoms with van der Waals surface area (Å²) in [5, 5.41) is 8.86. The van der Waals surface area contributed by atoms with E-state index < -0.39 is 0 Å². The van der Waals surface area contributed by atoms with E-state index in [1.807, 2.05) is 24.3 Å². The van der Waals surface area contributed by atoms with Crippen LogP contribution in [0, 0.1) is 11.3 Å². The maximum Gasteiger partial charge on any atom is 0.128 e. The molecule has 0 aliphatic carbocycles. The molecule has 2 aromatic rings. The molecule has 1 heterocycles. The van der Waals surface area contributed by atoms with Gasteiger partial charge in [0.2, 0.25) is 0 Å². The largest absolute Gasteiger partial charge is 0.397 e. The van der Waals surface area contributed by atoms with Crippen LogP contribution in [-0.2, 0) is 0 Å². The van der Waals surface area contributed by atoms with Gasteiger partial charge in [0.05, 0.1) is 5.69 Å². The van der Waals surface area contributed by atoms with Gasteiger partial charge in [-0.1, -0.05) is 31.9 Å². The van der Waals surface area contributed by atoms with E-state index in [1.165, 1.54) is 11.3 Å². The van der Waals surface area contributed by atoms with E-state index in [0.717, 1.165) is 19.4 Å². The predicted octanol–water partition coefficient (Wildman–Crippen LogP) is 4.39. The highest BCUT2D eigenvalue weighted by atomic mass is 79.9. The zero-order valence-electron chi connectivity index (χ0n) is 8.00. The normalized spacial score (nSPS) is 10.1. The summed E-state index contributed by atoms with van der Waals surface area (Å²) < 4.78 is 1.98. The summed E-state index contributed by atoms with van der Waals surface area (Å²) in [7, 11) is 0. The topological polar surface area (TPSA) is 49.8 Å². The molecule has 0 bridgehead atoms. The Labute approximate surface area is 114 Å². The molecule has 0 fully saturated rings. The highest BCUT2D eigenvalue weighted by Gasteiger charge is 2.10. The Kier molecular flexibility index (Phi) is 3.33. The molecule has 0 atom stereocenters. The summed E-state index contributed by atoms with van der Waals surface area (Å²) in [5.74, 6) is 0. The first-order valence-electron chi connectivity index (χ1n) is 4.36. The van der Waals surface area contributed by atoms with Crippen LogP contribution in [0.3, 0.4) is 0 Å². The van der Waals surface area contributed by atoms with Crippen molar-refractivity contribution in [3.05, 3.63) is 38.1 Å². The summed E-state index contributed by atoms with van der Waals surface area (Å²) >= 11 is 8.31. The van der Waals surface area contributed by atoms with E-state index in [9.17, 15) is 0 Å². The number of nitrogen functional groups attached to an aromatic ring is 1. The van der Waals surface area contributed by atoms with Crippen LogP contribution in [0.5, 0.6) is 0 Å². The molecular formula is C11H6Br2N2S. The fraction of sp³-hybridized carbons (Fsp3) is 0. The molecule has 16 heavy (non-hydrogen) atoms. The summed E-state index contributed by atoms with van der Waals surface area (Å²) in [6.45, 7) is 0. The number of thiophene rings is 1. The molecule has 0 radical (unpaired) electrons. The summed E-state index contributed by atoms with van der Waals surface area (Å²) in [6, 6.07) is 9.83. The van der Waals surface area contributed by atoms with E-state index in [-0.39, 0.29) is 0 Å². The molecule has 0 saturated heterocycles. The van der Waals surface area contributed by atoms with Gasteiger partial charge in [-0.2, -0.15) is 5.26 Å². The van der Waals surface area contributed by atoms with Crippen molar-refractivity contribution in [3.63, 3.8) is 0 Å². The van der Waals surface area contributed by atoms with Crippen LogP contribution in [0.15, 0.2) is 33.2 Å². The molecule has 0 amide bonds. The van der Waals surface area contributed by atoms with Crippen molar-refractivity contribution in [2.75, 3.05) is 5.73 Å². The van der Waals surface area contributed by atoms with Gasteiger partial charge < -0.3 is 5.73 Å². The highest BCUT2D eigenvalue weighted by molar-refractivity contribution is 9.11. The first-order chi connectivity index (χ1) is 7.61. The minimum absolute atomic E-state index is 0.536. The number of hydrogen-bond acceptors (Lipinski definition) is 3. The molecule has 2 nitrogen and oxygen atoms in total. The number of nitrogens with two attached hydrogens (primary N) is 1. The number of rotatable bonds is 1. The molecule has 80 valence electrons. The van der Waals surface area contributed by atoms with Gasteiger partial charge >= 0.3 is 0 Å². The summed E-state index contributed by atoms with van der Waals surface area (Å²) in [6.07, 6.45) is 0. The fourth-order valence-corrected chi connectivity index (χ4v) is 3.17. The van der Waals surface area contributed by atoms with Crippen LogP contribution in [0.1, 0.15) is 4.88 Å². The molecule has 2 rings (SSSR count). The average molecular weight is 358 g/mol. The third kappa shape index (κ3) is 2.14. The Morgan fingerprint density at radius 1 is 1.25 bits per heavy atom. The second kappa shape index (κ2) is 4.58. The van der Waals surface area contributed by atoms with E-state index >= 15 is 0 Å². The molecule has 1 aromatic carbocycles. The Morgan fingerprint density at radius 2 is 2.00 bits per heavy atom. The van der Waals surface area contributed by atoms with E-state index in [0.29, 0.717) is 10.6 Å². The van der Waals surface area contributed by atoms with Gasteiger partial charge in [0.25, 0.3) is 0 Å². The number of benzene rings is 1. The first kappa shape index (κ1) is 11.6. The molecule has 1 aromatic heterocycles. The number of nitriles is 1. The van der Waals surface area contributed by atoms with Gasteiger partial charge in [-0.3, -0.25) is 0 Å². The number of anilines is 1. The van der Waals surface area contributed by atoms with E-state index in [2.05, 4.69) is 37.9 Å². The molecular weight excluding hydrogens is 352 g/mol. The summed E-state index contributed by atoms with van der Waals surface area (Å²) in [5.41, 5.74) is 7.31. The highest BCUT2D eigenvalue weighted by Crippen LogP contribution is 2.37. The third-order valence-electron chi connectivity index (χ3n) is 2.06. The zero-order valence-corrected chi connectivity index (χ0v) is 12.0. The van der Waals surface area contributed by atoms with Crippen LogP contribution in [-0.4, -0.2) is 0 Å². The molecule has 0 saturated carbocycles. The van der Waals surface area contributed by atoms with Crippen molar-refractivity contribution in [1.29, 1.82) is 5.26 Å². The van der Waals surface area contributed by atoms with Gasteiger partial charge in [-0.05, 0) is 24.3 Å². The van der Waals surface area contributed by atoms with Crippen molar-refractivity contribution >= 4 is 48.9 Å². The van der Waals surface area contributed by atoms with Crippen molar-refractivity contribution < 1.29 is 0 Å². The molecule has 0 aliphatic rings. The lowest BCUT2D eigenvalue weighted by molar-refractivity contribution is 1.52. The SMILES string of the molecule is N#Cc1sc(-c2cc(Br)ccc2Br)cc1N. The lowest BCUT2D eigenvalue weighted by atomic mass is 10.2. The molecule has 0 spiro atoms. The second-order valence-corrected chi connectivity index (χ2v) is 5.95. The molecule has 5 heteroatoms. The van der Waals surface area contributed by atoms with Gasteiger partial charge in [-0.25, -0.2) is 0 Å². The van der Waals surface area contributed by atoms with E-state index in [4.69, 9.17) is 11.0 Å². The monoisotopic (exact) mass is 356 g/mol. The molecule has 0 aliphatic heterocycles. The number of halogens is 2. The standard InChI is InChI=1S/C11H6Br2N2S/c12-6-1-2-8(13)7(3-6)10-4-9(15)11(5-14)16-10/h1-4H,15H2. The van der Waals surface area contributed by atoms with E-state index in [1.54, 1.807) is 0 Å². The van der Waals surface area contributed by atoms with Gasteiger partial charge in [-0.15, -0.1) is 11.3 Å². The van der Waals surface area contributed by atoms with Gasteiger partial charge in [0.1, 0.15) is 10.9 Å². The fourth-order valence-electron chi connectivity index (χ4n) is 1.31. The lowest BCUT2D eigenvalue weighted by Crippen LogP contribution is -1.81. The Morgan fingerprint density at radius 3 is 2.62 bits per heavy atom. The third-order valence-corrected chi connectivity index (χ3v) is 4.33. The quantitative estimate of drug-likeness (QED) is 0.822. The minimum Gasteiger partial charge on any atom is -0.397 e. The van der Waals surface area contributed by atoms with Crippen LogP contribution in [0.4, 0.5) is 5.69 Å². The smallest absolute Gasteiger partial charge is 0.128 e. The lowest BCUT2D eigenvalue weighted by Gasteiger charge is -2.01. The first-order valence-corrected chi connectivity index (χ1v) is 6.77. The van der Waals surface area contributed by atoms with Crippen LogP contribution >= 0.6 is 43.2 Å². The predicted molar refractivity (Wildman–Crippen MR) is 74.3 cm³/mol. The number of nitrogens with zero attached hydrogens (tertiary/aromatic N) is 1. The van der Waals surface area contributed by atoms with Crippen molar-refractivity contribution in [2.24, 2.45) is 0 Å². The molecule has 0 unspecified atom stereocenters. The van der Waals surface area contributed by atoms with Crippen molar-refractivity contribution in [2.45, 2.75) is 0 Å². The van der Waals surface area contributed by atoms with Crippen molar-refractivity contribution in [1.82, 2.24) is 0 Å². The minimum atomic E-state index is 0.536. The second-order valence-electron chi connectivity index (χ2n) is 3.13. The van der Waals surface area contributed by atoms with Crippen LogP contribution in [0.2, 0.25) is 0 Å². The average Bonchev–Trinajstić information content (AvgIpc) is 2.63. The summed E-state index contributed by atoms with van der Waals surface area (Å²) in [4.78, 5) is 1.55. The van der Waals surface area contributed by atoms with Gasteiger partial charge in [0.15, 0.2) is 0 Å². The zero-order chi connectivity index (χ0) is 11.7.